The molecule has 3 aromatic carbocycles. The number of aromatic carboxylic acids is 1. The minimum atomic E-state index is -1.14. The molecule has 0 radical (unpaired) electrons. The summed E-state index contributed by atoms with van der Waals surface area (Å²) in [4.78, 5) is 39.7. The Kier molecular flexibility index (Phi) is 6.70. The van der Waals surface area contributed by atoms with E-state index >= 15 is 0 Å². The SMILES string of the molecule is COc1ccccc1NC(=O)C1=C(C)N(c2cccc(C(=O)O)c2)C(=O)NC1c1ccc(C#N)cc1. The smallest absolute Gasteiger partial charge is 0.335 e. The van der Waals surface area contributed by atoms with Gasteiger partial charge in [-0.25, -0.2) is 9.59 Å². The molecule has 0 spiro atoms. The Morgan fingerprint density at radius 2 is 1.81 bits per heavy atom. The maximum absolute atomic E-state index is 13.7. The molecule has 0 saturated carbocycles. The van der Waals surface area contributed by atoms with Crippen molar-refractivity contribution in [3.8, 4) is 11.8 Å². The zero-order valence-electron chi connectivity index (χ0n) is 19.5. The highest BCUT2D eigenvalue weighted by Crippen LogP contribution is 2.35. The van der Waals surface area contributed by atoms with Crippen LogP contribution in [0.5, 0.6) is 5.75 Å². The van der Waals surface area contributed by atoms with Crippen molar-refractivity contribution in [3.05, 3.63) is 101 Å². The van der Waals surface area contributed by atoms with Crippen LogP contribution in [-0.4, -0.2) is 30.1 Å². The lowest BCUT2D eigenvalue weighted by Gasteiger charge is -2.36. The second-order valence-electron chi connectivity index (χ2n) is 7.96. The summed E-state index contributed by atoms with van der Waals surface area (Å²) in [5.74, 6) is -1.16. The van der Waals surface area contributed by atoms with Crippen LogP contribution in [0.25, 0.3) is 0 Å². The first kappa shape index (κ1) is 24.0. The van der Waals surface area contributed by atoms with Crippen molar-refractivity contribution < 1.29 is 24.2 Å². The van der Waals surface area contributed by atoms with Crippen LogP contribution in [0.2, 0.25) is 0 Å². The summed E-state index contributed by atoms with van der Waals surface area (Å²) in [5.41, 5.74) is 2.35. The van der Waals surface area contributed by atoms with Crippen LogP contribution >= 0.6 is 0 Å². The molecule has 9 heteroatoms. The topological polar surface area (TPSA) is 132 Å². The summed E-state index contributed by atoms with van der Waals surface area (Å²) in [5, 5.41) is 24.2. The molecule has 1 heterocycles. The first-order valence-electron chi connectivity index (χ1n) is 10.9. The van der Waals surface area contributed by atoms with Crippen molar-refractivity contribution in [2.45, 2.75) is 13.0 Å². The second-order valence-corrected chi connectivity index (χ2v) is 7.96. The summed E-state index contributed by atoms with van der Waals surface area (Å²) >= 11 is 0. The summed E-state index contributed by atoms with van der Waals surface area (Å²) in [7, 11) is 1.49. The Morgan fingerprint density at radius 1 is 1.08 bits per heavy atom. The van der Waals surface area contributed by atoms with Gasteiger partial charge in [0, 0.05) is 5.70 Å². The van der Waals surface area contributed by atoms with E-state index in [-0.39, 0.29) is 11.1 Å². The van der Waals surface area contributed by atoms with Gasteiger partial charge < -0.3 is 20.5 Å². The zero-order chi connectivity index (χ0) is 25.8. The van der Waals surface area contributed by atoms with Crippen LogP contribution in [-0.2, 0) is 4.79 Å². The number of carbonyl (C=O) groups excluding carboxylic acids is 2. The van der Waals surface area contributed by atoms with Gasteiger partial charge in [-0.05, 0) is 55.0 Å². The maximum Gasteiger partial charge on any atom is 0.335 e. The predicted octanol–water partition coefficient (Wildman–Crippen LogP) is 4.45. The average molecular weight is 482 g/mol. The number of amides is 3. The number of ether oxygens (including phenoxy) is 1. The van der Waals surface area contributed by atoms with Crippen LogP contribution in [0.4, 0.5) is 16.2 Å². The summed E-state index contributed by atoms with van der Waals surface area (Å²) in [6.45, 7) is 1.62. The Hall–Kier alpha value is -5.10. The number of hydrogen-bond acceptors (Lipinski definition) is 5. The number of methoxy groups -OCH3 is 1. The van der Waals surface area contributed by atoms with Crippen molar-refractivity contribution >= 4 is 29.3 Å². The fourth-order valence-electron chi connectivity index (χ4n) is 4.06. The minimum Gasteiger partial charge on any atom is -0.495 e. The monoisotopic (exact) mass is 482 g/mol. The minimum absolute atomic E-state index is 0.00217. The van der Waals surface area contributed by atoms with Crippen molar-refractivity contribution in [1.82, 2.24) is 5.32 Å². The van der Waals surface area contributed by atoms with Crippen LogP contribution < -0.4 is 20.3 Å². The lowest BCUT2D eigenvalue weighted by Crippen LogP contribution is -2.48. The molecule has 9 nitrogen and oxygen atoms in total. The van der Waals surface area contributed by atoms with Gasteiger partial charge in [0.1, 0.15) is 5.75 Å². The summed E-state index contributed by atoms with van der Waals surface area (Å²) in [6.07, 6.45) is 0. The Morgan fingerprint density at radius 3 is 2.47 bits per heavy atom. The number of benzene rings is 3. The van der Waals surface area contributed by atoms with Gasteiger partial charge in [-0.1, -0.05) is 30.3 Å². The van der Waals surface area contributed by atoms with Gasteiger partial charge in [-0.2, -0.15) is 5.26 Å². The van der Waals surface area contributed by atoms with Crippen LogP contribution in [0.1, 0.15) is 34.5 Å². The fourth-order valence-corrected chi connectivity index (χ4v) is 4.06. The van der Waals surface area contributed by atoms with Crippen LogP contribution in [0.3, 0.4) is 0 Å². The molecule has 0 bridgehead atoms. The number of carboxylic acids is 1. The lowest BCUT2D eigenvalue weighted by atomic mass is 9.93. The van der Waals surface area contributed by atoms with E-state index in [1.165, 1.54) is 30.2 Å². The number of urea groups is 1. The number of allylic oxidation sites excluding steroid dienone is 1. The fraction of sp³-hybridized carbons (Fsp3) is 0.111. The molecular weight excluding hydrogens is 460 g/mol. The van der Waals surface area contributed by atoms with Gasteiger partial charge >= 0.3 is 12.0 Å². The van der Waals surface area contributed by atoms with E-state index in [4.69, 9.17) is 10.00 Å². The Labute approximate surface area is 207 Å². The molecule has 0 aromatic heterocycles. The molecule has 4 rings (SSSR count). The lowest BCUT2D eigenvalue weighted by molar-refractivity contribution is -0.113. The molecule has 0 fully saturated rings. The number of carbonyl (C=O) groups is 3. The third-order valence-electron chi connectivity index (χ3n) is 5.81. The molecule has 0 saturated heterocycles. The average Bonchev–Trinajstić information content (AvgIpc) is 2.88. The number of anilines is 2. The first-order valence-corrected chi connectivity index (χ1v) is 10.9. The van der Waals surface area contributed by atoms with E-state index < -0.39 is 23.9 Å². The molecule has 1 atom stereocenters. The Bertz CT molecular complexity index is 1420. The number of carboxylic acid groups (broad SMARTS) is 1. The number of para-hydroxylation sites is 2. The van der Waals surface area contributed by atoms with Crippen molar-refractivity contribution in [2.24, 2.45) is 0 Å². The maximum atomic E-state index is 13.7. The Balaban J connectivity index is 1.83. The van der Waals surface area contributed by atoms with Gasteiger partial charge in [0.2, 0.25) is 0 Å². The van der Waals surface area contributed by atoms with Gasteiger partial charge in [0.25, 0.3) is 5.91 Å². The number of nitrogens with zero attached hydrogens (tertiary/aromatic N) is 2. The molecule has 3 N–H and O–H groups in total. The summed E-state index contributed by atoms with van der Waals surface area (Å²) in [6, 6.07) is 20.1. The third-order valence-corrected chi connectivity index (χ3v) is 5.81. The second kappa shape index (κ2) is 10.0. The molecular formula is C27H22N4O5. The molecule has 3 aromatic rings. The quantitative estimate of drug-likeness (QED) is 0.476. The van der Waals surface area contributed by atoms with E-state index in [1.54, 1.807) is 61.5 Å². The zero-order valence-corrected chi connectivity index (χ0v) is 19.5. The summed E-state index contributed by atoms with van der Waals surface area (Å²) < 4.78 is 5.34. The van der Waals surface area contributed by atoms with E-state index in [9.17, 15) is 19.5 Å². The van der Waals surface area contributed by atoms with Gasteiger partial charge in [0.05, 0.1) is 47.3 Å². The number of nitriles is 1. The molecule has 180 valence electrons. The van der Waals surface area contributed by atoms with Gasteiger partial charge in [-0.15, -0.1) is 0 Å². The first-order chi connectivity index (χ1) is 17.3. The van der Waals surface area contributed by atoms with Crippen molar-refractivity contribution in [1.29, 1.82) is 5.26 Å². The van der Waals surface area contributed by atoms with E-state index in [1.807, 2.05) is 6.07 Å². The molecule has 0 aliphatic carbocycles. The molecule has 1 aliphatic heterocycles. The van der Waals surface area contributed by atoms with Gasteiger partial charge in [0.15, 0.2) is 0 Å². The number of hydrogen-bond donors (Lipinski definition) is 3. The van der Waals surface area contributed by atoms with Gasteiger partial charge in [-0.3, -0.25) is 9.69 Å². The van der Waals surface area contributed by atoms with Crippen molar-refractivity contribution in [2.75, 3.05) is 17.3 Å². The number of rotatable bonds is 6. The molecule has 36 heavy (non-hydrogen) atoms. The highest BCUT2D eigenvalue weighted by Gasteiger charge is 2.36. The normalized spacial score (nSPS) is 15.1. The van der Waals surface area contributed by atoms with Crippen LogP contribution in [0.15, 0.2) is 84.1 Å². The molecule has 1 aliphatic rings. The molecule has 3 amide bonds. The highest BCUT2D eigenvalue weighted by molar-refractivity contribution is 6.10. The van der Waals surface area contributed by atoms with E-state index in [2.05, 4.69) is 10.6 Å². The third kappa shape index (κ3) is 4.60. The standard InChI is InChI=1S/C27H22N4O5/c1-16-23(25(32)29-21-8-3-4-9-22(21)36-2)24(18-12-10-17(15-28)11-13-18)30-27(35)31(16)20-7-5-6-19(14-20)26(33)34/h3-14,24H,1-2H3,(H,29,32)(H,30,35)(H,33,34). The number of nitrogens with one attached hydrogen (secondary N) is 2. The highest BCUT2D eigenvalue weighted by atomic mass is 16.5. The molecule has 1 unspecified atom stereocenters. The predicted molar refractivity (Wildman–Crippen MR) is 133 cm³/mol. The van der Waals surface area contributed by atoms with Crippen LogP contribution in [0, 0.1) is 11.3 Å². The van der Waals surface area contributed by atoms with Crippen molar-refractivity contribution in [3.63, 3.8) is 0 Å². The van der Waals surface area contributed by atoms with E-state index in [0.29, 0.717) is 33.9 Å². The largest absolute Gasteiger partial charge is 0.495 e. The van der Waals surface area contributed by atoms with E-state index in [0.717, 1.165) is 0 Å².